The fourth-order valence-corrected chi connectivity index (χ4v) is 2.91. The monoisotopic (exact) mass is 225 g/mol. The molecule has 0 radical (unpaired) electrons. The number of fused-ring (bicyclic) bond motifs is 1. The number of nitrogens with zero attached hydrogens (tertiary/aromatic N) is 2. The van der Waals surface area contributed by atoms with Gasteiger partial charge in [-0.3, -0.25) is 15.0 Å². The van der Waals surface area contributed by atoms with Crippen molar-refractivity contribution in [2.75, 3.05) is 39.5 Å². The Labute approximate surface area is 95.7 Å². The Kier molecular flexibility index (Phi) is 2.83. The molecule has 0 spiro atoms. The number of ether oxygens (including phenoxy) is 1. The highest BCUT2D eigenvalue weighted by molar-refractivity contribution is 5.80. The van der Waals surface area contributed by atoms with Crippen molar-refractivity contribution in [3.05, 3.63) is 0 Å². The predicted molar refractivity (Wildman–Crippen MR) is 58.9 cm³/mol. The van der Waals surface area contributed by atoms with Crippen molar-refractivity contribution >= 4 is 5.91 Å². The topological polar surface area (TPSA) is 44.8 Å². The molecule has 0 aliphatic carbocycles. The summed E-state index contributed by atoms with van der Waals surface area (Å²) in [4.78, 5) is 15.8. The van der Waals surface area contributed by atoms with Gasteiger partial charge in [0.15, 0.2) is 0 Å². The van der Waals surface area contributed by atoms with Crippen LogP contribution in [0.4, 0.5) is 0 Å². The molecule has 3 fully saturated rings. The van der Waals surface area contributed by atoms with E-state index in [0.717, 1.165) is 19.7 Å². The van der Waals surface area contributed by atoms with E-state index in [-0.39, 0.29) is 12.0 Å². The van der Waals surface area contributed by atoms with Gasteiger partial charge < -0.3 is 9.64 Å². The van der Waals surface area contributed by atoms with Crippen molar-refractivity contribution in [3.8, 4) is 0 Å². The van der Waals surface area contributed by atoms with E-state index in [4.69, 9.17) is 4.74 Å². The van der Waals surface area contributed by atoms with Gasteiger partial charge in [-0.05, 0) is 19.4 Å². The molecule has 1 N–H and O–H groups in total. The number of carbonyl (C=O) groups excluding carboxylic acids is 1. The molecule has 3 saturated heterocycles. The van der Waals surface area contributed by atoms with Crippen molar-refractivity contribution in [1.82, 2.24) is 15.1 Å². The van der Waals surface area contributed by atoms with Crippen molar-refractivity contribution in [3.63, 3.8) is 0 Å². The minimum atomic E-state index is 0.201. The van der Waals surface area contributed by atoms with Gasteiger partial charge in [0.1, 0.15) is 0 Å². The molecular formula is C11H19N3O2. The lowest BCUT2D eigenvalue weighted by molar-refractivity contribution is -0.130. The number of hydrogen-bond acceptors (Lipinski definition) is 4. The highest BCUT2D eigenvalue weighted by Crippen LogP contribution is 2.22. The third-order valence-corrected chi connectivity index (χ3v) is 3.82. The van der Waals surface area contributed by atoms with E-state index in [1.165, 1.54) is 19.4 Å². The van der Waals surface area contributed by atoms with Gasteiger partial charge in [0.2, 0.25) is 5.91 Å². The summed E-state index contributed by atoms with van der Waals surface area (Å²) >= 11 is 0. The number of hydrogen-bond donors (Lipinski definition) is 1. The molecule has 0 aromatic carbocycles. The second kappa shape index (κ2) is 4.31. The normalized spacial score (nSPS) is 35.8. The van der Waals surface area contributed by atoms with Crippen LogP contribution in [0.25, 0.3) is 0 Å². The highest BCUT2D eigenvalue weighted by atomic mass is 16.5. The average molecular weight is 225 g/mol. The van der Waals surface area contributed by atoms with Crippen LogP contribution >= 0.6 is 0 Å². The van der Waals surface area contributed by atoms with Gasteiger partial charge in [0, 0.05) is 19.1 Å². The number of carbonyl (C=O) groups is 1. The molecule has 3 aliphatic heterocycles. The van der Waals surface area contributed by atoms with Crippen LogP contribution in [0.15, 0.2) is 0 Å². The zero-order chi connectivity index (χ0) is 11.0. The third kappa shape index (κ3) is 1.95. The number of nitrogens with one attached hydrogen (secondary N) is 1. The molecular weight excluding hydrogens is 206 g/mol. The smallest absolute Gasteiger partial charge is 0.237 e. The van der Waals surface area contributed by atoms with Crippen molar-refractivity contribution in [2.45, 2.75) is 25.0 Å². The second-order valence-electron chi connectivity index (χ2n) is 4.95. The van der Waals surface area contributed by atoms with Crippen LogP contribution in [0.5, 0.6) is 0 Å². The Morgan fingerprint density at radius 1 is 1.50 bits per heavy atom. The summed E-state index contributed by atoms with van der Waals surface area (Å²) in [5.41, 5.74) is 0. The predicted octanol–water partition coefficient (Wildman–Crippen LogP) is -0.761. The molecule has 3 heterocycles. The molecule has 2 atom stereocenters. The van der Waals surface area contributed by atoms with Crippen molar-refractivity contribution in [1.29, 1.82) is 0 Å². The molecule has 3 rings (SSSR count). The van der Waals surface area contributed by atoms with E-state index in [2.05, 4.69) is 10.2 Å². The summed E-state index contributed by atoms with van der Waals surface area (Å²) in [5.74, 6) is 0.201. The maximum absolute atomic E-state index is 11.5. The molecule has 0 aromatic rings. The molecule has 90 valence electrons. The summed E-state index contributed by atoms with van der Waals surface area (Å²) in [6.45, 7) is 4.96. The Morgan fingerprint density at radius 3 is 3.25 bits per heavy atom. The molecule has 5 nitrogen and oxygen atoms in total. The molecule has 1 amide bonds. The zero-order valence-electron chi connectivity index (χ0n) is 9.52. The zero-order valence-corrected chi connectivity index (χ0v) is 9.52. The average Bonchev–Trinajstić information content (AvgIpc) is 2.88. The lowest BCUT2D eigenvalue weighted by atomic mass is 10.2. The van der Waals surface area contributed by atoms with Crippen molar-refractivity contribution in [2.24, 2.45) is 0 Å². The van der Waals surface area contributed by atoms with E-state index in [0.29, 0.717) is 19.3 Å². The number of amides is 1. The van der Waals surface area contributed by atoms with E-state index in [1.807, 2.05) is 4.90 Å². The Morgan fingerprint density at radius 2 is 2.44 bits per heavy atom. The van der Waals surface area contributed by atoms with Gasteiger partial charge in [-0.15, -0.1) is 0 Å². The van der Waals surface area contributed by atoms with Gasteiger partial charge in [0.05, 0.1) is 25.9 Å². The van der Waals surface area contributed by atoms with E-state index >= 15 is 0 Å². The Hall–Kier alpha value is -0.650. The van der Waals surface area contributed by atoms with Gasteiger partial charge in [-0.2, -0.15) is 0 Å². The van der Waals surface area contributed by atoms with Gasteiger partial charge in [-0.1, -0.05) is 0 Å². The van der Waals surface area contributed by atoms with Crippen LogP contribution in [-0.2, 0) is 9.53 Å². The molecule has 3 aliphatic rings. The van der Waals surface area contributed by atoms with E-state index < -0.39 is 0 Å². The molecule has 0 aromatic heterocycles. The van der Waals surface area contributed by atoms with Crippen LogP contribution < -0.4 is 5.32 Å². The first kappa shape index (κ1) is 10.5. The summed E-state index contributed by atoms with van der Waals surface area (Å²) < 4.78 is 5.84. The third-order valence-electron chi connectivity index (χ3n) is 3.82. The standard InChI is InChI=1S/C11H19N3O2/c15-11-4-12-8-14(11)6-10-5-13-3-1-2-9(13)7-16-10/h9-10,12H,1-8H2. The highest BCUT2D eigenvalue weighted by Gasteiger charge is 2.34. The van der Waals surface area contributed by atoms with Crippen LogP contribution in [0.3, 0.4) is 0 Å². The summed E-state index contributed by atoms with van der Waals surface area (Å²) in [5, 5.41) is 3.07. The lowest BCUT2D eigenvalue weighted by Gasteiger charge is -2.36. The number of morpholine rings is 1. The minimum absolute atomic E-state index is 0.201. The minimum Gasteiger partial charge on any atom is -0.373 e. The lowest BCUT2D eigenvalue weighted by Crippen LogP contribution is -2.50. The fourth-order valence-electron chi connectivity index (χ4n) is 2.91. The largest absolute Gasteiger partial charge is 0.373 e. The molecule has 0 bridgehead atoms. The first-order valence-corrected chi connectivity index (χ1v) is 6.17. The molecule has 16 heavy (non-hydrogen) atoms. The fraction of sp³-hybridized carbons (Fsp3) is 0.909. The summed E-state index contributed by atoms with van der Waals surface area (Å²) in [6, 6.07) is 0.642. The Bertz CT molecular complexity index is 284. The van der Waals surface area contributed by atoms with Crippen LogP contribution in [0.2, 0.25) is 0 Å². The Balaban J connectivity index is 1.54. The van der Waals surface area contributed by atoms with Gasteiger partial charge in [0.25, 0.3) is 0 Å². The van der Waals surface area contributed by atoms with E-state index in [9.17, 15) is 4.79 Å². The second-order valence-corrected chi connectivity index (χ2v) is 4.95. The summed E-state index contributed by atoms with van der Waals surface area (Å²) in [6.07, 6.45) is 2.78. The van der Waals surface area contributed by atoms with Crippen LogP contribution in [0.1, 0.15) is 12.8 Å². The first-order valence-electron chi connectivity index (χ1n) is 6.17. The number of rotatable bonds is 2. The van der Waals surface area contributed by atoms with Gasteiger partial charge >= 0.3 is 0 Å². The molecule has 2 unspecified atom stereocenters. The van der Waals surface area contributed by atoms with Gasteiger partial charge in [-0.25, -0.2) is 0 Å². The maximum atomic E-state index is 11.5. The first-order chi connectivity index (χ1) is 7.83. The SMILES string of the molecule is O=C1CNCN1CC1CN2CCCC2CO1. The van der Waals surface area contributed by atoms with Crippen molar-refractivity contribution < 1.29 is 9.53 Å². The van der Waals surface area contributed by atoms with Crippen LogP contribution in [-0.4, -0.2) is 67.3 Å². The maximum Gasteiger partial charge on any atom is 0.237 e. The molecule has 5 heteroatoms. The quantitative estimate of drug-likeness (QED) is 0.671. The van der Waals surface area contributed by atoms with Crippen LogP contribution in [0, 0.1) is 0 Å². The summed E-state index contributed by atoms with van der Waals surface area (Å²) in [7, 11) is 0. The van der Waals surface area contributed by atoms with E-state index in [1.54, 1.807) is 0 Å². The molecule has 0 saturated carbocycles.